The van der Waals surface area contributed by atoms with E-state index >= 15 is 0 Å². The van der Waals surface area contributed by atoms with Crippen molar-refractivity contribution in [2.45, 2.75) is 11.3 Å². The Morgan fingerprint density at radius 1 is 1.14 bits per heavy atom. The van der Waals surface area contributed by atoms with Gasteiger partial charge < -0.3 is 19.9 Å². The lowest BCUT2D eigenvalue weighted by atomic mass is 10.1. The monoisotopic (exact) mass is 508 g/mol. The minimum atomic E-state index is -3.67. The number of rotatable bonds is 8. The van der Waals surface area contributed by atoms with Crippen molar-refractivity contribution in [1.29, 1.82) is 0 Å². The lowest BCUT2D eigenvalue weighted by Gasteiger charge is -2.27. The maximum atomic E-state index is 13.0. The van der Waals surface area contributed by atoms with Crippen LogP contribution in [0.1, 0.15) is 5.56 Å². The number of pyridine rings is 1. The van der Waals surface area contributed by atoms with Crippen LogP contribution in [0.15, 0.2) is 53.8 Å². The molecule has 4 heterocycles. The van der Waals surface area contributed by atoms with Crippen LogP contribution in [0.5, 0.6) is 0 Å². The van der Waals surface area contributed by atoms with E-state index in [9.17, 15) is 8.42 Å². The first-order valence-electron chi connectivity index (χ1n) is 11.7. The fraction of sp³-hybridized carbons (Fsp3) is 0.333. The number of hydrogen-bond acceptors (Lipinski definition) is 9. The molecule has 1 aliphatic heterocycles. The van der Waals surface area contributed by atoms with Gasteiger partial charge in [-0.25, -0.2) is 12.7 Å². The molecule has 0 bridgehead atoms. The van der Waals surface area contributed by atoms with E-state index in [1.54, 1.807) is 24.5 Å². The first-order valence-corrected chi connectivity index (χ1v) is 13.1. The zero-order chi connectivity index (χ0) is 25.1. The second-order valence-electron chi connectivity index (χ2n) is 8.62. The van der Waals surface area contributed by atoms with Crippen molar-refractivity contribution in [2.75, 3.05) is 57.2 Å². The molecule has 0 saturated carbocycles. The first-order chi connectivity index (χ1) is 17.4. The molecule has 12 heteroatoms. The molecule has 5 rings (SSSR count). The molecule has 0 radical (unpaired) electrons. The van der Waals surface area contributed by atoms with Gasteiger partial charge in [-0.1, -0.05) is 6.07 Å². The molecule has 0 spiro atoms. The normalized spacial score (nSPS) is 14.5. The lowest BCUT2D eigenvalue weighted by molar-refractivity contribution is 0.122. The summed E-state index contributed by atoms with van der Waals surface area (Å²) in [4.78, 5) is 23.6. The Bertz CT molecular complexity index is 1450. The van der Waals surface area contributed by atoms with Crippen molar-refractivity contribution >= 4 is 32.8 Å². The minimum Gasteiger partial charge on any atom is -0.378 e. The van der Waals surface area contributed by atoms with Crippen molar-refractivity contribution in [1.82, 2.24) is 29.2 Å². The van der Waals surface area contributed by atoms with Gasteiger partial charge in [-0.2, -0.15) is 15.0 Å². The highest BCUT2D eigenvalue weighted by Gasteiger charge is 2.23. The molecule has 36 heavy (non-hydrogen) atoms. The molecule has 0 unspecified atom stereocenters. The zero-order valence-corrected chi connectivity index (χ0v) is 21.0. The Labute approximate surface area is 209 Å². The van der Waals surface area contributed by atoms with E-state index in [-0.39, 0.29) is 4.90 Å². The maximum Gasteiger partial charge on any atom is 0.242 e. The Hall–Kier alpha value is -3.61. The predicted molar refractivity (Wildman–Crippen MR) is 137 cm³/mol. The second-order valence-corrected chi connectivity index (χ2v) is 10.8. The summed E-state index contributed by atoms with van der Waals surface area (Å²) in [5.74, 6) is 1.35. The first kappa shape index (κ1) is 24.1. The number of ether oxygens (including phenoxy) is 1. The molecule has 1 fully saturated rings. The Morgan fingerprint density at radius 3 is 2.72 bits per heavy atom. The van der Waals surface area contributed by atoms with Crippen LogP contribution in [0.3, 0.4) is 0 Å². The smallest absolute Gasteiger partial charge is 0.242 e. The van der Waals surface area contributed by atoms with Crippen LogP contribution in [0, 0.1) is 0 Å². The zero-order valence-electron chi connectivity index (χ0n) is 20.2. The van der Waals surface area contributed by atoms with Crippen molar-refractivity contribution in [2.24, 2.45) is 0 Å². The summed E-state index contributed by atoms with van der Waals surface area (Å²) in [7, 11) is -0.645. The highest BCUT2D eigenvalue weighted by atomic mass is 32.2. The van der Waals surface area contributed by atoms with E-state index in [2.05, 4.69) is 25.2 Å². The summed E-state index contributed by atoms with van der Waals surface area (Å²) in [6, 6.07) is 9.08. The number of aromatic nitrogens is 5. The Morgan fingerprint density at radius 2 is 1.97 bits per heavy atom. The predicted octanol–water partition coefficient (Wildman–Crippen LogP) is 2.16. The van der Waals surface area contributed by atoms with Gasteiger partial charge in [-0.05, 0) is 36.2 Å². The Kier molecular flexibility index (Phi) is 6.81. The molecule has 4 aromatic rings. The number of aromatic amines is 1. The van der Waals surface area contributed by atoms with E-state index < -0.39 is 10.0 Å². The molecule has 11 nitrogen and oxygen atoms in total. The van der Waals surface area contributed by atoms with Crippen LogP contribution in [-0.2, 0) is 21.2 Å². The summed E-state index contributed by atoms with van der Waals surface area (Å²) in [5.41, 5.74) is 2.40. The summed E-state index contributed by atoms with van der Waals surface area (Å²) < 4.78 is 32.6. The third-order valence-corrected chi connectivity index (χ3v) is 7.79. The van der Waals surface area contributed by atoms with E-state index in [0.717, 1.165) is 17.4 Å². The van der Waals surface area contributed by atoms with E-state index in [1.807, 2.05) is 24.4 Å². The highest BCUT2D eigenvalue weighted by molar-refractivity contribution is 7.89. The number of benzene rings is 1. The van der Waals surface area contributed by atoms with Gasteiger partial charge in [0.05, 0.1) is 18.1 Å². The third kappa shape index (κ3) is 5.01. The van der Waals surface area contributed by atoms with Crippen LogP contribution in [0.25, 0.3) is 22.3 Å². The van der Waals surface area contributed by atoms with Gasteiger partial charge in [0.25, 0.3) is 0 Å². The van der Waals surface area contributed by atoms with Crippen LogP contribution >= 0.6 is 0 Å². The summed E-state index contributed by atoms with van der Waals surface area (Å²) in [6.45, 7) is 3.10. The molecule has 1 aromatic carbocycles. The van der Waals surface area contributed by atoms with Crippen molar-refractivity contribution in [3.05, 3.63) is 54.5 Å². The highest BCUT2D eigenvalue weighted by Crippen LogP contribution is 2.31. The van der Waals surface area contributed by atoms with Gasteiger partial charge in [0, 0.05) is 68.8 Å². The van der Waals surface area contributed by atoms with Crippen molar-refractivity contribution < 1.29 is 13.2 Å². The van der Waals surface area contributed by atoms with Gasteiger partial charge in [0.15, 0.2) is 5.82 Å². The molecule has 0 amide bonds. The van der Waals surface area contributed by atoms with Crippen LogP contribution in [-0.4, -0.2) is 84.6 Å². The molecule has 188 valence electrons. The number of fused-ring (bicyclic) bond motifs is 1. The van der Waals surface area contributed by atoms with Crippen molar-refractivity contribution in [3.8, 4) is 11.4 Å². The average Bonchev–Trinajstić information content (AvgIpc) is 3.38. The maximum absolute atomic E-state index is 13.0. The molecule has 0 atom stereocenters. The third-order valence-electron chi connectivity index (χ3n) is 6.00. The van der Waals surface area contributed by atoms with E-state index in [4.69, 9.17) is 14.7 Å². The van der Waals surface area contributed by atoms with Gasteiger partial charge in [-0.3, -0.25) is 4.98 Å². The molecular formula is C24H28N8O3S. The fourth-order valence-corrected chi connectivity index (χ4v) is 4.97. The second kappa shape index (κ2) is 10.2. The van der Waals surface area contributed by atoms with Gasteiger partial charge in [0.1, 0.15) is 0 Å². The number of H-pyrrole nitrogens is 1. The number of nitrogens with zero attached hydrogens (tertiary/aromatic N) is 6. The number of morpholine rings is 1. The average molecular weight is 509 g/mol. The number of nitrogens with one attached hydrogen (secondary N) is 2. The molecule has 3 aromatic heterocycles. The topological polar surface area (TPSA) is 129 Å². The van der Waals surface area contributed by atoms with Gasteiger partial charge >= 0.3 is 0 Å². The van der Waals surface area contributed by atoms with E-state index in [0.29, 0.717) is 61.6 Å². The van der Waals surface area contributed by atoms with Gasteiger partial charge in [-0.15, -0.1) is 0 Å². The summed E-state index contributed by atoms with van der Waals surface area (Å²) >= 11 is 0. The number of hydrogen-bond donors (Lipinski definition) is 2. The van der Waals surface area contributed by atoms with E-state index in [1.165, 1.54) is 18.4 Å². The molecule has 2 N–H and O–H groups in total. The standard InChI is InChI=1S/C24H28N8O3S/c1-31(2)36(33,34)18-14-20(19-6-9-26-21(19)15-18)22-28-23(27-8-5-17-4-3-7-25-16-17)30-24(29-22)32-10-12-35-13-11-32/h3-4,6-7,9,14-16,26H,5,8,10-13H2,1-2H3,(H,27,28,29,30). The van der Waals surface area contributed by atoms with Crippen LogP contribution in [0.4, 0.5) is 11.9 Å². The number of sulfonamides is 1. The van der Waals surface area contributed by atoms with Crippen LogP contribution in [0.2, 0.25) is 0 Å². The van der Waals surface area contributed by atoms with Crippen molar-refractivity contribution in [3.63, 3.8) is 0 Å². The largest absolute Gasteiger partial charge is 0.378 e. The van der Waals surface area contributed by atoms with Gasteiger partial charge in [0.2, 0.25) is 21.9 Å². The minimum absolute atomic E-state index is 0.164. The molecule has 0 aliphatic carbocycles. The number of anilines is 2. The summed E-state index contributed by atoms with van der Waals surface area (Å²) in [6.07, 6.45) is 6.10. The molecule has 1 aliphatic rings. The SMILES string of the molecule is CN(C)S(=O)(=O)c1cc(-c2nc(NCCc3cccnc3)nc(N3CCOCC3)n2)c2cc[nH]c2c1. The quantitative estimate of drug-likeness (QED) is 0.368. The fourth-order valence-electron chi connectivity index (χ4n) is 4.02. The van der Waals surface area contributed by atoms with Crippen LogP contribution < -0.4 is 10.2 Å². The molecular weight excluding hydrogens is 480 g/mol. The molecule has 1 saturated heterocycles. The Balaban J connectivity index is 1.56. The lowest BCUT2D eigenvalue weighted by Crippen LogP contribution is -2.37. The summed E-state index contributed by atoms with van der Waals surface area (Å²) in [5, 5.41) is 4.13.